The summed E-state index contributed by atoms with van der Waals surface area (Å²) in [5.74, 6) is -0.424. The molecule has 4 nitrogen and oxygen atoms in total. The molecule has 1 aromatic rings. The summed E-state index contributed by atoms with van der Waals surface area (Å²) in [4.78, 5) is -0.118. The van der Waals surface area contributed by atoms with Crippen LogP contribution in [0.5, 0.6) is 5.75 Å². The highest BCUT2D eigenvalue weighted by Crippen LogP contribution is 2.27. The van der Waals surface area contributed by atoms with Gasteiger partial charge in [-0.3, -0.25) is 0 Å². The molecule has 0 unspecified atom stereocenters. The van der Waals surface area contributed by atoms with E-state index in [1.54, 1.807) is 0 Å². The molecule has 0 amide bonds. The Bertz CT molecular complexity index is 511. The van der Waals surface area contributed by atoms with Gasteiger partial charge in [-0.25, -0.2) is 13.1 Å². The molecule has 0 aliphatic carbocycles. The molecule has 0 atom stereocenters. The smallest absolute Gasteiger partial charge is 0.406 e. The Balaban J connectivity index is 3.11. The van der Waals surface area contributed by atoms with Gasteiger partial charge in [-0.2, -0.15) is 0 Å². The molecule has 0 radical (unpaired) electrons. The number of aryl methyl sites for hydroxylation is 1. The van der Waals surface area contributed by atoms with Crippen LogP contribution >= 0.6 is 0 Å². The molecule has 8 heteroatoms. The first-order valence-corrected chi connectivity index (χ1v) is 5.94. The molecule has 0 heterocycles. The first kappa shape index (κ1) is 13.8. The topological polar surface area (TPSA) is 55.4 Å². The van der Waals surface area contributed by atoms with Crippen LogP contribution in [-0.2, 0) is 10.0 Å². The van der Waals surface area contributed by atoms with Crippen molar-refractivity contribution in [2.45, 2.75) is 18.2 Å². The van der Waals surface area contributed by atoms with E-state index in [1.807, 2.05) is 0 Å². The van der Waals surface area contributed by atoms with E-state index >= 15 is 0 Å². The fourth-order valence-corrected chi connectivity index (χ4v) is 1.96. The molecule has 0 bridgehead atoms. The normalized spacial score (nSPS) is 12.5. The third-order valence-corrected chi connectivity index (χ3v) is 3.36. The van der Waals surface area contributed by atoms with Gasteiger partial charge in [0, 0.05) is 0 Å². The number of hydrogen-bond donors (Lipinski definition) is 1. The van der Waals surface area contributed by atoms with Crippen molar-refractivity contribution in [3.8, 4) is 5.75 Å². The van der Waals surface area contributed by atoms with Crippen molar-refractivity contribution in [2.24, 2.45) is 0 Å². The summed E-state index contributed by atoms with van der Waals surface area (Å²) < 4.78 is 64.4. The number of alkyl halides is 3. The third-order valence-electron chi connectivity index (χ3n) is 1.95. The van der Waals surface area contributed by atoms with Crippen LogP contribution in [0.2, 0.25) is 0 Å². The lowest BCUT2D eigenvalue weighted by Gasteiger charge is -2.12. The average molecular weight is 269 g/mol. The second-order valence-corrected chi connectivity index (χ2v) is 5.07. The van der Waals surface area contributed by atoms with Crippen molar-refractivity contribution in [1.82, 2.24) is 4.72 Å². The van der Waals surface area contributed by atoms with E-state index in [4.69, 9.17) is 0 Å². The van der Waals surface area contributed by atoms with Gasteiger partial charge >= 0.3 is 6.36 Å². The standard InChI is InChI=1S/C9H10F3NO3S/c1-6-5-7(17(14,15)13-2)3-4-8(6)16-9(10,11)12/h3-5,13H,1-2H3. The van der Waals surface area contributed by atoms with Gasteiger partial charge in [0.1, 0.15) is 5.75 Å². The molecule has 0 spiro atoms. The number of rotatable bonds is 3. The second kappa shape index (κ2) is 4.53. The zero-order valence-corrected chi connectivity index (χ0v) is 9.82. The van der Waals surface area contributed by atoms with Gasteiger partial charge in [-0.05, 0) is 37.7 Å². The molecule has 0 aromatic heterocycles. The zero-order valence-electron chi connectivity index (χ0n) is 9.00. The first-order valence-electron chi connectivity index (χ1n) is 4.45. The van der Waals surface area contributed by atoms with Gasteiger partial charge in [0.15, 0.2) is 0 Å². The van der Waals surface area contributed by atoms with Crippen LogP contribution in [0.1, 0.15) is 5.56 Å². The Morgan fingerprint density at radius 3 is 2.29 bits per heavy atom. The van der Waals surface area contributed by atoms with Gasteiger partial charge in [-0.1, -0.05) is 0 Å². The summed E-state index contributed by atoms with van der Waals surface area (Å²) in [5.41, 5.74) is 0.0821. The van der Waals surface area contributed by atoms with Crippen molar-refractivity contribution in [3.05, 3.63) is 23.8 Å². The van der Waals surface area contributed by atoms with E-state index in [0.717, 1.165) is 18.2 Å². The number of hydrogen-bond acceptors (Lipinski definition) is 3. The Hall–Kier alpha value is -1.28. The lowest BCUT2D eigenvalue weighted by Crippen LogP contribution is -2.20. The molecule has 0 saturated carbocycles. The molecule has 1 aromatic carbocycles. The van der Waals surface area contributed by atoms with Crippen LogP contribution in [0, 0.1) is 6.92 Å². The van der Waals surface area contributed by atoms with Crippen molar-refractivity contribution in [3.63, 3.8) is 0 Å². The van der Waals surface area contributed by atoms with E-state index < -0.39 is 22.1 Å². The highest BCUT2D eigenvalue weighted by atomic mass is 32.2. The van der Waals surface area contributed by atoms with Crippen LogP contribution in [0.25, 0.3) is 0 Å². The van der Waals surface area contributed by atoms with E-state index in [-0.39, 0.29) is 10.5 Å². The minimum atomic E-state index is -4.80. The fraction of sp³-hybridized carbons (Fsp3) is 0.333. The molecule has 96 valence electrons. The van der Waals surface area contributed by atoms with Crippen molar-refractivity contribution >= 4 is 10.0 Å². The molecule has 17 heavy (non-hydrogen) atoms. The van der Waals surface area contributed by atoms with Crippen molar-refractivity contribution < 1.29 is 26.3 Å². The van der Waals surface area contributed by atoms with Crippen molar-refractivity contribution in [1.29, 1.82) is 0 Å². The highest BCUT2D eigenvalue weighted by molar-refractivity contribution is 7.89. The minimum absolute atomic E-state index is 0.0821. The molecule has 0 aliphatic heterocycles. The van der Waals surface area contributed by atoms with Crippen LogP contribution in [0.4, 0.5) is 13.2 Å². The first-order chi connectivity index (χ1) is 7.65. The molecule has 1 N–H and O–H groups in total. The fourth-order valence-electron chi connectivity index (χ4n) is 1.15. The monoisotopic (exact) mass is 269 g/mol. The van der Waals surface area contributed by atoms with Gasteiger partial charge in [0.25, 0.3) is 0 Å². The van der Waals surface area contributed by atoms with E-state index in [2.05, 4.69) is 9.46 Å². The van der Waals surface area contributed by atoms with Gasteiger partial charge in [0.05, 0.1) is 4.90 Å². The lowest BCUT2D eigenvalue weighted by molar-refractivity contribution is -0.274. The van der Waals surface area contributed by atoms with E-state index in [1.165, 1.54) is 14.0 Å². The molecule has 0 saturated heterocycles. The summed E-state index contributed by atoms with van der Waals surface area (Å²) in [7, 11) is -2.45. The Kier molecular flexibility index (Phi) is 3.68. The summed E-state index contributed by atoms with van der Waals surface area (Å²) >= 11 is 0. The Labute approximate surface area is 96.4 Å². The van der Waals surface area contributed by atoms with Gasteiger partial charge in [0.2, 0.25) is 10.0 Å². The van der Waals surface area contributed by atoms with E-state index in [0.29, 0.717) is 0 Å². The Morgan fingerprint density at radius 1 is 1.29 bits per heavy atom. The quantitative estimate of drug-likeness (QED) is 0.910. The van der Waals surface area contributed by atoms with Crippen LogP contribution in [0.15, 0.2) is 23.1 Å². The SMILES string of the molecule is CNS(=O)(=O)c1ccc(OC(F)(F)F)c(C)c1. The maximum absolute atomic E-state index is 12.0. The average Bonchev–Trinajstić information content (AvgIpc) is 2.19. The molecule has 0 fully saturated rings. The van der Waals surface area contributed by atoms with Crippen molar-refractivity contribution in [2.75, 3.05) is 7.05 Å². The van der Waals surface area contributed by atoms with E-state index in [9.17, 15) is 21.6 Å². The summed E-state index contributed by atoms with van der Waals surface area (Å²) in [6, 6.07) is 3.11. The molecule has 1 rings (SSSR count). The van der Waals surface area contributed by atoms with Gasteiger partial charge in [-0.15, -0.1) is 13.2 Å². The maximum Gasteiger partial charge on any atom is 0.573 e. The number of halogens is 3. The Morgan fingerprint density at radius 2 is 1.88 bits per heavy atom. The predicted molar refractivity (Wildman–Crippen MR) is 54.1 cm³/mol. The van der Waals surface area contributed by atoms with Crippen LogP contribution < -0.4 is 9.46 Å². The third kappa shape index (κ3) is 3.60. The summed E-state index contributed by atoms with van der Waals surface area (Å²) in [6.07, 6.45) is -4.80. The number of benzene rings is 1. The number of nitrogens with one attached hydrogen (secondary N) is 1. The summed E-state index contributed by atoms with van der Waals surface area (Å²) in [5, 5.41) is 0. The second-order valence-electron chi connectivity index (χ2n) is 3.18. The predicted octanol–water partition coefficient (Wildman–Crippen LogP) is 1.80. The zero-order chi connectivity index (χ0) is 13.3. The van der Waals surface area contributed by atoms with Gasteiger partial charge < -0.3 is 4.74 Å². The molecular formula is C9H10F3NO3S. The molecule has 0 aliphatic rings. The number of sulfonamides is 1. The largest absolute Gasteiger partial charge is 0.573 e. The summed E-state index contributed by atoms with van der Waals surface area (Å²) in [6.45, 7) is 1.33. The van der Waals surface area contributed by atoms with Crippen LogP contribution in [0.3, 0.4) is 0 Å². The molecular weight excluding hydrogens is 259 g/mol. The van der Waals surface area contributed by atoms with Crippen LogP contribution in [-0.4, -0.2) is 21.8 Å². The maximum atomic E-state index is 12.0. The number of ether oxygens (including phenoxy) is 1. The highest BCUT2D eigenvalue weighted by Gasteiger charge is 2.31. The lowest BCUT2D eigenvalue weighted by atomic mass is 10.2. The minimum Gasteiger partial charge on any atom is -0.406 e.